The summed E-state index contributed by atoms with van der Waals surface area (Å²) in [6.07, 6.45) is 3.69. The molecule has 20 heavy (non-hydrogen) atoms. The Morgan fingerprint density at radius 1 is 1.60 bits per heavy atom. The number of aromatic nitrogens is 4. The van der Waals surface area contributed by atoms with E-state index in [9.17, 15) is 4.79 Å². The Balaban J connectivity index is 2.14. The van der Waals surface area contributed by atoms with Crippen LogP contribution < -0.4 is 5.32 Å². The average Bonchev–Trinajstić information content (AvgIpc) is 3.12. The molecule has 2 rings (SSSR count). The molecule has 0 aromatic carbocycles. The predicted octanol–water partition coefficient (Wildman–Crippen LogP) is 1.38. The lowest BCUT2D eigenvalue weighted by Crippen LogP contribution is -2.30. The standard InChI is InChI=1S/C13H16N6O/c1-3-10(12-16-8-17-19(12)4-2)18-13(20)11-5-9(6-14)7-15-11/h5,7-8,10,15H,3-4H2,1-2H3,(H,18,20). The molecule has 1 amide bonds. The first-order valence-electron chi connectivity index (χ1n) is 6.46. The average molecular weight is 272 g/mol. The Kier molecular flexibility index (Phi) is 4.15. The molecule has 0 saturated heterocycles. The van der Waals surface area contributed by atoms with Crippen molar-refractivity contribution in [1.82, 2.24) is 25.1 Å². The van der Waals surface area contributed by atoms with Gasteiger partial charge in [0.1, 0.15) is 23.9 Å². The van der Waals surface area contributed by atoms with Gasteiger partial charge in [0, 0.05) is 12.7 Å². The smallest absolute Gasteiger partial charge is 0.268 e. The van der Waals surface area contributed by atoms with Crippen LogP contribution in [0.25, 0.3) is 0 Å². The molecule has 7 heteroatoms. The van der Waals surface area contributed by atoms with E-state index in [-0.39, 0.29) is 11.9 Å². The number of hydrogen-bond acceptors (Lipinski definition) is 4. The molecule has 2 N–H and O–H groups in total. The van der Waals surface area contributed by atoms with Crippen molar-refractivity contribution >= 4 is 5.91 Å². The fraction of sp³-hybridized carbons (Fsp3) is 0.385. The molecule has 2 aromatic heterocycles. The van der Waals surface area contributed by atoms with Gasteiger partial charge in [-0.1, -0.05) is 6.92 Å². The van der Waals surface area contributed by atoms with E-state index in [1.165, 1.54) is 18.6 Å². The number of nitrogens with one attached hydrogen (secondary N) is 2. The highest BCUT2D eigenvalue weighted by Crippen LogP contribution is 2.14. The molecular formula is C13H16N6O. The first-order chi connectivity index (χ1) is 9.69. The van der Waals surface area contributed by atoms with E-state index >= 15 is 0 Å². The van der Waals surface area contributed by atoms with Crippen LogP contribution in [0.5, 0.6) is 0 Å². The van der Waals surface area contributed by atoms with Crippen LogP contribution in [-0.4, -0.2) is 25.7 Å². The SMILES string of the molecule is CCC(NC(=O)c1cc(C#N)c[nH]1)c1ncnn1CC. The highest BCUT2D eigenvalue weighted by atomic mass is 16.1. The van der Waals surface area contributed by atoms with Gasteiger partial charge in [0.25, 0.3) is 5.91 Å². The Morgan fingerprint density at radius 3 is 3.00 bits per heavy atom. The van der Waals surface area contributed by atoms with E-state index in [2.05, 4.69) is 20.4 Å². The zero-order valence-corrected chi connectivity index (χ0v) is 11.4. The zero-order valence-electron chi connectivity index (χ0n) is 11.4. The van der Waals surface area contributed by atoms with Crippen molar-refractivity contribution in [1.29, 1.82) is 5.26 Å². The maximum atomic E-state index is 12.1. The second-order valence-corrected chi connectivity index (χ2v) is 4.28. The summed E-state index contributed by atoms with van der Waals surface area (Å²) in [5.74, 6) is 0.472. The number of rotatable bonds is 5. The van der Waals surface area contributed by atoms with Crippen LogP contribution in [0.15, 0.2) is 18.6 Å². The molecular weight excluding hydrogens is 256 g/mol. The minimum Gasteiger partial charge on any atom is -0.356 e. The summed E-state index contributed by atoms with van der Waals surface area (Å²) in [5, 5.41) is 15.8. The second-order valence-electron chi connectivity index (χ2n) is 4.28. The molecule has 0 bridgehead atoms. The Morgan fingerprint density at radius 2 is 2.40 bits per heavy atom. The summed E-state index contributed by atoms with van der Waals surface area (Å²) in [4.78, 5) is 19.1. The third kappa shape index (κ3) is 2.69. The molecule has 104 valence electrons. The lowest BCUT2D eigenvalue weighted by molar-refractivity contribution is 0.0928. The van der Waals surface area contributed by atoms with Crippen LogP contribution in [-0.2, 0) is 6.54 Å². The summed E-state index contributed by atoms with van der Waals surface area (Å²) in [6, 6.07) is 3.29. The van der Waals surface area contributed by atoms with Gasteiger partial charge in [0.05, 0.1) is 11.6 Å². The van der Waals surface area contributed by atoms with E-state index < -0.39 is 0 Å². The van der Waals surface area contributed by atoms with Crippen LogP contribution in [0.1, 0.15) is 48.2 Å². The van der Waals surface area contributed by atoms with Crippen molar-refractivity contribution in [2.24, 2.45) is 0 Å². The molecule has 2 aromatic rings. The monoisotopic (exact) mass is 272 g/mol. The van der Waals surface area contributed by atoms with Gasteiger partial charge in [-0.2, -0.15) is 10.4 Å². The van der Waals surface area contributed by atoms with Crippen molar-refractivity contribution in [2.45, 2.75) is 32.9 Å². The van der Waals surface area contributed by atoms with Gasteiger partial charge >= 0.3 is 0 Å². The first kappa shape index (κ1) is 13.8. The third-order valence-corrected chi connectivity index (χ3v) is 3.03. The van der Waals surface area contributed by atoms with Crippen LogP contribution in [0, 0.1) is 11.3 Å². The number of carbonyl (C=O) groups is 1. The summed E-state index contributed by atoms with van der Waals surface area (Å²) < 4.78 is 1.75. The zero-order chi connectivity index (χ0) is 14.5. The number of carbonyl (C=O) groups excluding carboxylic acids is 1. The fourth-order valence-corrected chi connectivity index (χ4v) is 1.96. The molecule has 0 fully saturated rings. The van der Waals surface area contributed by atoms with E-state index in [1.807, 2.05) is 19.9 Å². The lowest BCUT2D eigenvalue weighted by Gasteiger charge is -2.16. The number of nitrogens with zero attached hydrogens (tertiary/aromatic N) is 4. The minimum atomic E-state index is -0.260. The van der Waals surface area contributed by atoms with Crippen molar-refractivity contribution in [3.63, 3.8) is 0 Å². The lowest BCUT2D eigenvalue weighted by atomic mass is 10.2. The van der Waals surface area contributed by atoms with E-state index in [4.69, 9.17) is 5.26 Å². The molecule has 0 spiro atoms. The summed E-state index contributed by atoms with van der Waals surface area (Å²) in [6.45, 7) is 4.63. The molecule has 1 unspecified atom stereocenters. The van der Waals surface area contributed by atoms with E-state index in [0.29, 0.717) is 24.2 Å². The highest BCUT2D eigenvalue weighted by Gasteiger charge is 2.19. The first-order valence-corrected chi connectivity index (χ1v) is 6.46. The fourth-order valence-electron chi connectivity index (χ4n) is 1.96. The Hall–Kier alpha value is -2.62. The van der Waals surface area contributed by atoms with E-state index in [0.717, 1.165) is 5.82 Å². The molecule has 0 aliphatic rings. The van der Waals surface area contributed by atoms with Gasteiger partial charge in [-0.25, -0.2) is 9.67 Å². The Bertz CT molecular complexity index is 635. The molecule has 0 aliphatic carbocycles. The maximum absolute atomic E-state index is 12.1. The Labute approximate surface area is 116 Å². The number of aromatic amines is 1. The van der Waals surface area contributed by atoms with Crippen LogP contribution in [0.3, 0.4) is 0 Å². The van der Waals surface area contributed by atoms with Gasteiger partial charge in [-0.05, 0) is 19.4 Å². The van der Waals surface area contributed by atoms with Gasteiger partial charge in [-0.3, -0.25) is 4.79 Å². The molecule has 2 heterocycles. The number of amides is 1. The van der Waals surface area contributed by atoms with Crippen molar-refractivity contribution in [3.05, 3.63) is 35.7 Å². The third-order valence-electron chi connectivity index (χ3n) is 3.03. The normalized spacial score (nSPS) is 11.8. The van der Waals surface area contributed by atoms with Crippen LogP contribution in [0.4, 0.5) is 0 Å². The van der Waals surface area contributed by atoms with Gasteiger partial charge in [-0.15, -0.1) is 0 Å². The number of nitriles is 1. The second kappa shape index (κ2) is 6.02. The highest BCUT2D eigenvalue weighted by molar-refractivity contribution is 5.93. The van der Waals surface area contributed by atoms with Crippen LogP contribution in [0.2, 0.25) is 0 Å². The number of hydrogen-bond donors (Lipinski definition) is 2. The topological polar surface area (TPSA) is 99.4 Å². The molecule has 0 saturated carbocycles. The summed E-state index contributed by atoms with van der Waals surface area (Å²) in [5.41, 5.74) is 0.794. The van der Waals surface area contributed by atoms with Gasteiger partial charge in [0.2, 0.25) is 0 Å². The molecule has 1 atom stereocenters. The van der Waals surface area contributed by atoms with Crippen molar-refractivity contribution in [2.75, 3.05) is 0 Å². The van der Waals surface area contributed by atoms with Crippen LogP contribution >= 0.6 is 0 Å². The van der Waals surface area contributed by atoms with Crippen molar-refractivity contribution in [3.8, 4) is 6.07 Å². The summed E-state index contributed by atoms with van der Waals surface area (Å²) >= 11 is 0. The molecule has 0 aliphatic heterocycles. The number of aryl methyl sites for hydroxylation is 1. The maximum Gasteiger partial charge on any atom is 0.268 e. The predicted molar refractivity (Wildman–Crippen MR) is 71.7 cm³/mol. The van der Waals surface area contributed by atoms with E-state index in [1.54, 1.807) is 4.68 Å². The molecule has 7 nitrogen and oxygen atoms in total. The molecule has 0 radical (unpaired) electrons. The van der Waals surface area contributed by atoms with Crippen molar-refractivity contribution < 1.29 is 4.79 Å². The summed E-state index contributed by atoms with van der Waals surface area (Å²) in [7, 11) is 0. The minimum absolute atomic E-state index is 0.209. The quantitative estimate of drug-likeness (QED) is 0.858. The largest absolute Gasteiger partial charge is 0.356 e. The number of H-pyrrole nitrogens is 1. The van der Waals surface area contributed by atoms with Gasteiger partial charge < -0.3 is 10.3 Å². The van der Waals surface area contributed by atoms with Gasteiger partial charge in [0.15, 0.2) is 0 Å².